The lowest BCUT2D eigenvalue weighted by Crippen LogP contribution is -2.41. The summed E-state index contributed by atoms with van der Waals surface area (Å²) in [5.41, 5.74) is 1.14. The number of ether oxygens (including phenoxy) is 1. The molecule has 2 N–H and O–H groups in total. The van der Waals surface area contributed by atoms with Crippen LogP contribution in [0.25, 0.3) is 0 Å². The molecule has 5 heteroatoms. The summed E-state index contributed by atoms with van der Waals surface area (Å²) >= 11 is 0. The number of aliphatic carboxylic acids is 1. The van der Waals surface area contributed by atoms with E-state index in [2.05, 4.69) is 36.5 Å². The second-order valence-electron chi connectivity index (χ2n) is 9.00. The summed E-state index contributed by atoms with van der Waals surface area (Å²) < 4.78 is 5.23. The van der Waals surface area contributed by atoms with E-state index in [4.69, 9.17) is 4.74 Å². The average molecular weight is 418 g/mol. The fourth-order valence-corrected chi connectivity index (χ4v) is 4.21. The molecular formula is C25H39NO4. The Kier molecular flexibility index (Phi) is 9.83. The molecule has 1 fully saturated rings. The number of hydrogen-bond donors (Lipinski definition) is 2. The van der Waals surface area contributed by atoms with E-state index in [0.29, 0.717) is 19.4 Å². The molecule has 1 aliphatic carbocycles. The van der Waals surface area contributed by atoms with Crippen LogP contribution in [-0.2, 0) is 27.3 Å². The van der Waals surface area contributed by atoms with Crippen molar-refractivity contribution < 1.29 is 19.4 Å². The first-order valence-corrected chi connectivity index (χ1v) is 11.6. The van der Waals surface area contributed by atoms with Gasteiger partial charge in [0, 0.05) is 12.6 Å². The summed E-state index contributed by atoms with van der Waals surface area (Å²) in [4.78, 5) is 24.2. The number of nitrogens with one attached hydrogen (secondary N) is 1. The number of carboxylic acid groups (broad SMARTS) is 1. The van der Waals surface area contributed by atoms with Crippen LogP contribution in [0.1, 0.15) is 89.7 Å². The number of aryl methyl sites for hydroxylation is 1. The topological polar surface area (TPSA) is 75.6 Å². The minimum absolute atomic E-state index is 0.00334. The first kappa shape index (κ1) is 24.4. The zero-order valence-electron chi connectivity index (χ0n) is 18.9. The average Bonchev–Trinajstić information content (AvgIpc) is 3.15. The quantitative estimate of drug-likeness (QED) is 0.260. The van der Waals surface area contributed by atoms with Crippen LogP contribution in [0.2, 0.25) is 0 Å². The smallest absolute Gasteiger partial charge is 0.323 e. The zero-order chi connectivity index (χ0) is 22.0. The van der Waals surface area contributed by atoms with Crippen molar-refractivity contribution in [2.45, 2.75) is 104 Å². The van der Waals surface area contributed by atoms with Crippen LogP contribution < -0.4 is 5.32 Å². The zero-order valence-corrected chi connectivity index (χ0v) is 18.9. The highest BCUT2D eigenvalue weighted by atomic mass is 16.5. The van der Waals surface area contributed by atoms with E-state index in [0.717, 1.165) is 6.42 Å². The van der Waals surface area contributed by atoms with Gasteiger partial charge in [-0.3, -0.25) is 9.59 Å². The first-order valence-electron chi connectivity index (χ1n) is 11.6. The van der Waals surface area contributed by atoms with Crippen molar-refractivity contribution in [2.75, 3.05) is 0 Å². The van der Waals surface area contributed by atoms with E-state index >= 15 is 0 Å². The minimum atomic E-state index is -1.41. The van der Waals surface area contributed by atoms with Crippen LogP contribution in [0.15, 0.2) is 24.3 Å². The van der Waals surface area contributed by atoms with E-state index in [-0.39, 0.29) is 18.6 Å². The van der Waals surface area contributed by atoms with Gasteiger partial charge >= 0.3 is 11.9 Å². The second kappa shape index (κ2) is 12.1. The van der Waals surface area contributed by atoms with Gasteiger partial charge in [0.1, 0.15) is 0 Å². The molecular weight excluding hydrogens is 378 g/mol. The summed E-state index contributed by atoms with van der Waals surface area (Å²) in [7, 11) is 0. The fraction of sp³-hybridized carbons (Fsp3) is 0.680. The normalized spacial score (nSPS) is 21.1. The lowest BCUT2D eigenvalue weighted by molar-refractivity contribution is -0.171. The standard InChI is InChI=1S/C25H39NO4/c1-4-5-6-7-8-9-10-20-11-13-21(14-12-20)18-26-22-15-16-25(17-22,23(27)28)24(29)30-19(2)3/h11-14,19,22,26H,4-10,15-18H2,1-3H3,(H,27,28). The maximum atomic E-state index is 12.4. The van der Waals surface area contributed by atoms with Gasteiger partial charge in [-0.2, -0.15) is 0 Å². The number of esters is 1. The highest BCUT2D eigenvalue weighted by molar-refractivity contribution is 5.99. The first-order chi connectivity index (χ1) is 14.4. The predicted octanol–water partition coefficient (Wildman–Crippen LogP) is 5.25. The largest absolute Gasteiger partial charge is 0.480 e. The number of rotatable bonds is 13. The Bertz CT molecular complexity index is 670. The Labute approximate surface area is 181 Å². The molecule has 2 atom stereocenters. The van der Waals surface area contributed by atoms with Crippen LogP contribution in [-0.4, -0.2) is 29.2 Å². The molecule has 0 saturated heterocycles. The molecule has 0 spiro atoms. The number of carbonyl (C=O) groups is 2. The molecule has 168 valence electrons. The molecule has 2 rings (SSSR count). The van der Waals surface area contributed by atoms with Crippen LogP contribution in [0, 0.1) is 5.41 Å². The molecule has 1 aliphatic rings. The fourth-order valence-electron chi connectivity index (χ4n) is 4.21. The van der Waals surface area contributed by atoms with Gasteiger partial charge in [-0.1, -0.05) is 63.3 Å². The van der Waals surface area contributed by atoms with Crippen LogP contribution >= 0.6 is 0 Å². The van der Waals surface area contributed by atoms with Crippen LogP contribution in [0.3, 0.4) is 0 Å². The van der Waals surface area contributed by atoms with E-state index in [9.17, 15) is 14.7 Å². The van der Waals surface area contributed by atoms with Crippen molar-refractivity contribution in [3.05, 3.63) is 35.4 Å². The molecule has 30 heavy (non-hydrogen) atoms. The lowest BCUT2D eigenvalue weighted by atomic mass is 9.86. The summed E-state index contributed by atoms with van der Waals surface area (Å²) in [5, 5.41) is 13.1. The van der Waals surface area contributed by atoms with Gasteiger partial charge in [-0.15, -0.1) is 0 Å². The Morgan fingerprint density at radius 2 is 1.73 bits per heavy atom. The van der Waals surface area contributed by atoms with Gasteiger partial charge in [0.05, 0.1) is 6.10 Å². The van der Waals surface area contributed by atoms with Gasteiger partial charge < -0.3 is 15.2 Å². The number of unbranched alkanes of at least 4 members (excludes halogenated alkanes) is 5. The van der Waals surface area contributed by atoms with Crippen molar-refractivity contribution in [3.8, 4) is 0 Å². The van der Waals surface area contributed by atoms with Crippen molar-refractivity contribution in [1.29, 1.82) is 0 Å². The third kappa shape index (κ3) is 7.12. The van der Waals surface area contributed by atoms with E-state index in [1.165, 1.54) is 49.7 Å². The minimum Gasteiger partial charge on any atom is -0.480 e. The van der Waals surface area contributed by atoms with Crippen molar-refractivity contribution in [2.24, 2.45) is 5.41 Å². The molecule has 1 aromatic rings. The van der Waals surface area contributed by atoms with Gasteiger partial charge in [0.25, 0.3) is 0 Å². The molecule has 0 heterocycles. The van der Waals surface area contributed by atoms with Crippen LogP contribution in [0.4, 0.5) is 0 Å². The van der Waals surface area contributed by atoms with Crippen molar-refractivity contribution in [3.63, 3.8) is 0 Å². The summed E-state index contributed by atoms with van der Waals surface area (Å²) in [5.74, 6) is -1.68. The Morgan fingerprint density at radius 3 is 2.37 bits per heavy atom. The molecule has 2 unspecified atom stereocenters. The second-order valence-corrected chi connectivity index (χ2v) is 9.00. The predicted molar refractivity (Wildman–Crippen MR) is 119 cm³/mol. The van der Waals surface area contributed by atoms with Crippen LogP contribution in [0.5, 0.6) is 0 Å². The lowest BCUT2D eigenvalue weighted by Gasteiger charge is -2.24. The third-order valence-electron chi connectivity index (χ3n) is 6.09. The maximum Gasteiger partial charge on any atom is 0.323 e. The summed E-state index contributed by atoms with van der Waals surface area (Å²) in [6.45, 7) is 6.41. The summed E-state index contributed by atoms with van der Waals surface area (Å²) in [6, 6.07) is 8.68. The molecule has 5 nitrogen and oxygen atoms in total. The van der Waals surface area contributed by atoms with E-state index in [1.54, 1.807) is 13.8 Å². The number of carboxylic acids is 1. The molecule has 0 radical (unpaired) electrons. The molecule has 0 aliphatic heterocycles. The third-order valence-corrected chi connectivity index (χ3v) is 6.09. The van der Waals surface area contributed by atoms with Gasteiger partial charge in [-0.25, -0.2) is 0 Å². The molecule has 0 amide bonds. The van der Waals surface area contributed by atoms with Gasteiger partial charge in [-0.05, 0) is 57.1 Å². The Morgan fingerprint density at radius 1 is 1.10 bits per heavy atom. The molecule has 0 bridgehead atoms. The van der Waals surface area contributed by atoms with E-state index in [1.807, 2.05) is 0 Å². The molecule has 0 aromatic heterocycles. The van der Waals surface area contributed by atoms with Gasteiger partial charge in [0.15, 0.2) is 5.41 Å². The molecule has 1 aromatic carbocycles. The Balaban J connectivity index is 1.78. The van der Waals surface area contributed by atoms with Crippen molar-refractivity contribution >= 4 is 11.9 Å². The van der Waals surface area contributed by atoms with Crippen molar-refractivity contribution in [1.82, 2.24) is 5.32 Å². The number of benzene rings is 1. The number of hydrogen-bond acceptors (Lipinski definition) is 4. The Hall–Kier alpha value is -1.88. The molecule has 1 saturated carbocycles. The van der Waals surface area contributed by atoms with Gasteiger partial charge in [0.2, 0.25) is 0 Å². The maximum absolute atomic E-state index is 12.4. The number of carbonyl (C=O) groups excluding carboxylic acids is 1. The summed E-state index contributed by atoms with van der Waals surface area (Å²) in [6.07, 6.45) is 9.94. The highest BCUT2D eigenvalue weighted by Gasteiger charge is 2.53. The highest BCUT2D eigenvalue weighted by Crippen LogP contribution is 2.40. The van der Waals surface area contributed by atoms with E-state index < -0.39 is 17.4 Å². The monoisotopic (exact) mass is 417 g/mol. The SMILES string of the molecule is CCCCCCCCc1ccc(CNC2CCC(C(=O)O)(C(=O)OC(C)C)C2)cc1.